The van der Waals surface area contributed by atoms with E-state index in [9.17, 15) is 0 Å². The topological polar surface area (TPSA) is 68.9 Å². The van der Waals surface area contributed by atoms with E-state index in [0.717, 1.165) is 22.6 Å². The van der Waals surface area contributed by atoms with Gasteiger partial charge in [-0.3, -0.25) is 0 Å². The van der Waals surface area contributed by atoms with Crippen LogP contribution in [0.5, 0.6) is 5.75 Å². The largest absolute Gasteiger partial charge is 0.491 e. The third-order valence-corrected chi connectivity index (χ3v) is 3.48. The van der Waals surface area contributed by atoms with Crippen molar-refractivity contribution in [1.82, 2.24) is 0 Å². The average molecular weight is 455 g/mol. The summed E-state index contributed by atoms with van der Waals surface area (Å²) < 4.78 is 10.8. The fraction of sp³-hybridized carbons (Fsp3) is 0.316. The van der Waals surface area contributed by atoms with E-state index in [0.29, 0.717) is 25.7 Å². The highest BCUT2D eigenvalue weighted by Crippen LogP contribution is 2.21. The van der Waals surface area contributed by atoms with Crippen molar-refractivity contribution in [2.24, 2.45) is 10.7 Å². The van der Waals surface area contributed by atoms with E-state index in [-0.39, 0.29) is 24.0 Å². The molecule has 3 N–H and O–H groups in total. The van der Waals surface area contributed by atoms with Crippen molar-refractivity contribution in [2.75, 3.05) is 25.6 Å². The minimum Gasteiger partial charge on any atom is -0.491 e. The van der Waals surface area contributed by atoms with E-state index in [2.05, 4.69) is 10.3 Å². The number of anilines is 1. The number of aryl methyl sites for hydroxylation is 2. The van der Waals surface area contributed by atoms with Crippen LogP contribution in [-0.4, -0.2) is 26.3 Å². The molecule has 0 unspecified atom stereocenters. The van der Waals surface area contributed by atoms with Crippen LogP contribution in [-0.2, 0) is 11.3 Å². The van der Waals surface area contributed by atoms with E-state index in [1.807, 2.05) is 56.3 Å². The highest BCUT2D eigenvalue weighted by Gasteiger charge is 2.04. The van der Waals surface area contributed by atoms with Crippen molar-refractivity contribution >= 4 is 35.6 Å². The van der Waals surface area contributed by atoms with Crippen molar-refractivity contribution in [1.29, 1.82) is 0 Å². The molecule has 2 rings (SSSR count). The van der Waals surface area contributed by atoms with Gasteiger partial charge in [0, 0.05) is 18.4 Å². The normalized spacial score (nSPS) is 10.9. The van der Waals surface area contributed by atoms with Crippen LogP contribution in [0.3, 0.4) is 0 Å². The van der Waals surface area contributed by atoms with Crippen LogP contribution < -0.4 is 15.8 Å². The molecule has 0 heterocycles. The number of nitrogens with zero attached hydrogens (tertiary/aromatic N) is 1. The molecule has 0 spiro atoms. The summed E-state index contributed by atoms with van der Waals surface area (Å²) in [7, 11) is 1.66. The van der Waals surface area contributed by atoms with Gasteiger partial charge < -0.3 is 20.5 Å². The Hall–Kier alpha value is -1.80. The molecule has 0 radical (unpaired) electrons. The fourth-order valence-electron chi connectivity index (χ4n) is 2.24. The molecular weight excluding hydrogens is 429 g/mol. The number of rotatable bonds is 7. The van der Waals surface area contributed by atoms with Gasteiger partial charge in [0.1, 0.15) is 12.4 Å². The van der Waals surface area contributed by atoms with Crippen LogP contribution in [0.1, 0.15) is 16.7 Å². The Morgan fingerprint density at radius 2 is 1.84 bits per heavy atom. The molecule has 2 aromatic rings. The summed E-state index contributed by atoms with van der Waals surface area (Å²) in [5, 5.41) is 3.10. The number of ether oxygens (including phenoxy) is 2. The zero-order chi connectivity index (χ0) is 17.4. The van der Waals surface area contributed by atoms with Crippen molar-refractivity contribution in [3.05, 3.63) is 59.2 Å². The van der Waals surface area contributed by atoms with Crippen molar-refractivity contribution in [2.45, 2.75) is 20.4 Å². The molecule has 0 atom stereocenters. The summed E-state index contributed by atoms with van der Waals surface area (Å²) in [5.41, 5.74) is 10.2. The highest BCUT2D eigenvalue weighted by molar-refractivity contribution is 14.0. The lowest BCUT2D eigenvalue weighted by Gasteiger charge is -2.11. The molecule has 0 saturated heterocycles. The Morgan fingerprint density at radius 3 is 2.56 bits per heavy atom. The van der Waals surface area contributed by atoms with E-state index >= 15 is 0 Å². The zero-order valence-corrected chi connectivity index (χ0v) is 17.2. The number of benzene rings is 2. The molecule has 6 heteroatoms. The summed E-state index contributed by atoms with van der Waals surface area (Å²) in [6.07, 6.45) is 0. The van der Waals surface area contributed by atoms with Gasteiger partial charge in [-0.25, -0.2) is 4.99 Å². The molecule has 0 aromatic heterocycles. The summed E-state index contributed by atoms with van der Waals surface area (Å²) in [4.78, 5) is 4.41. The standard InChI is InChI=1S/C19H25N3O2.HI/c1-14-5-4-6-17(11-14)22-19(20)21-13-16-8-7-15(2)12-18(16)24-10-9-23-3;/h4-8,11-12H,9-10,13H2,1-3H3,(H3,20,21,22);1H. The Bertz CT molecular complexity index is 705. The molecule has 0 aliphatic carbocycles. The van der Waals surface area contributed by atoms with Gasteiger partial charge in [0.25, 0.3) is 0 Å². The number of guanidine groups is 1. The first-order valence-electron chi connectivity index (χ1n) is 7.93. The Kier molecular flexibility index (Phi) is 9.30. The third-order valence-electron chi connectivity index (χ3n) is 3.48. The number of hydrogen-bond donors (Lipinski definition) is 2. The van der Waals surface area contributed by atoms with Crippen molar-refractivity contribution in [3.8, 4) is 5.75 Å². The minimum absolute atomic E-state index is 0. The molecule has 0 aliphatic heterocycles. The summed E-state index contributed by atoms with van der Waals surface area (Å²) >= 11 is 0. The second-order valence-corrected chi connectivity index (χ2v) is 5.65. The van der Waals surface area contributed by atoms with Gasteiger partial charge in [-0.2, -0.15) is 0 Å². The molecule has 2 aromatic carbocycles. The molecule has 0 amide bonds. The fourth-order valence-corrected chi connectivity index (χ4v) is 2.24. The maximum Gasteiger partial charge on any atom is 0.193 e. The van der Waals surface area contributed by atoms with Gasteiger partial charge in [-0.05, 0) is 43.2 Å². The number of nitrogens with two attached hydrogens (primary N) is 1. The molecule has 5 nitrogen and oxygen atoms in total. The predicted octanol–water partition coefficient (Wildman–Crippen LogP) is 3.87. The van der Waals surface area contributed by atoms with Crippen LogP contribution in [0, 0.1) is 13.8 Å². The molecule has 136 valence electrons. The zero-order valence-electron chi connectivity index (χ0n) is 14.9. The monoisotopic (exact) mass is 455 g/mol. The van der Waals surface area contributed by atoms with E-state index in [1.54, 1.807) is 7.11 Å². The lowest BCUT2D eigenvalue weighted by atomic mass is 10.1. The summed E-state index contributed by atoms with van der Waals surface area (Å²) in [6, 6.07) is 14.1. The van der Waals surface area contributed by atoms with Crippen LogP contribution in [0.25, 0.3) is 0 Å². The quantitative estimate of drug-likeness (QED) is 0.288. The van der Waals surface area contributed by atoms with Crippen LogP contribution >= 0.6 is 24.0 Å². The second kappa shape index (κ2) is 10.9. The Morgan fingerprint density at radius 1 is 1.08 bits per heavy atom. The molecular formula is C19H26IN3O2. The number of aliphatic imine (C=N–C) groups is 1. The lowest BCUT2D eigenvalue weighted by molar-refractivity contribution is 0.146. The number of nitrogens with one attached hydrogen (secondary N) is 1. The van der Waals surface area contributed by atoms with Crippen LogP contribution in [0.4, 0.5) is 5.69 Å². The van der Waals surface area contributed by atoms with E-state index < -0.39 is 0 Å². The number of methoxy groups -OCH3 is 1. The minimum atomic E-state index is 0. The smallest absolute Gasteiger partial charge is 0.193 e. The van der Waals surface area contributed by atoms with E-state index in [1.165, 1.54) is 5.56 Å². The molecule has 25 heavy (non-hydrogen) atoms. The Labute approximate surface area is 166 Å². The first-order chi connectivity index (χ1) is 11.6. The van der Waals surface area contributed by atoms with Gasteiger partial charge in [0.05, 0.1) is 13.2 Å². The highest BCUT2D eigenvalue weighted by atomic mass is 127. The number of halogens is 1. The van der Waals surface area contributed by atoms with Gasteiger partial charge in [-0.1, -0.05) is 24.3 Å². The second-order valence-electron chi connectivity index (χ2n) is 5.65. The Balaban J connectivity index is 0.00000312. The average Bonchev–Trinajstić information content (AvgIpc) is 2.54. The lowest BCUT2D eigenvalue weighted by Crippen LogP contribution is -2.22. The molecule has 0 aliphatic rings. The van der Waals surface area contributed by atoms with E-state index in [4.69, 9.17) is 15.2 Å². The van der Waals surface area contributed by atoms with Crippen LogP contribution in [0.2, 0.25) is 0 Å². The maximum atomic E-state index is 5.98. The van der Waals surface area contributed by atoms with Crippen LogP contribution in [0.15, 0.2) is 47.5 Å². The molecule has 0 fully saturated rings. The third kappa shape index (κ3) is 7.31. The first kappa shape index (κ1) is 21.2. The summed E-state index contributed by atoms with van der Waals surface area (Å²) in [5.74, 6) is 1.20. The SMILES string of the molecule is COCCOc1cc(C)ccc1CN=C(N)Nc1cccc(C)c1.I. The number of hydrogen-bond acceptors (Lipinski definition) is 3. The molecule has 0 bridgehead atoms. The van der Waals surface area contributed by atoms with Crippen molar-refractivity contribution < 1.29 is 9.47 Å². The summed E-state index contributed by atoms with van der Waals surface area (Å²) in [6.45, 7) is 5.58. The maximum absolute atomic E-state index is 5.98. The van der Waals surface area contributed by atoms with Crippen molar-refractivity contribution in [3.63, 3.8) is 0 Å². The molecule has 0 saturated carbocycles. The van der Waals surface area contributed by atoms with Gasteiger partial charge in [-0.15, -0.1) is 24.0 Å². The van der Waals surface area contributed by atoms with Gasteiger partial charge >= 0.3 is 0 Å². The first-order valence-corrected chi connectivity index (χ1v) is 7.93. The predicted molar refractivity (Wildman–Crippen MR) is 114 cm³/mol. The van der Waals surface area contributed by atoms with Gasteiger partial charge in [0.15, 0.2) is 5.96 Å². The van der Waals surface area contributed by atoms with Gasteiger partial charge in [0.2, 0.25) is 0 Å².